The first kappa shape index (κ1) is 16.6. The van der Waals surface area contributed by atoms with Gasteiger partial charge in [-0.3, -0.25) is 4.72 Å². The van der Waals surface area contributed by atoms with Gasteiger partial charge in [-0.1, -0.05) is 0 Å². The molecule has 0 aliphatic carbocycles. The van der Waals surface area contributed by atoms with Crippen LogP contribution in [0.4, 0.5) is 5.69 Å². The van der Waals surface area contributed by atoms with Crippen LogP contribution in [-0.4, -0.2) is 33.7 Å². The van der Waals surface area contributed by atoms with E-state index in [2.05, 4.69) is 9.46 Å². The second-order valence-electron chi connectivity index (χ2n) is 4.50. The number of phenols is 1. The molecule has 0 fully saturated rings. The van der Waals surface area contributed by atoms with Gasteiger partial charge in [0.05, 0.1) is 19.1 Å². The van der Waals surface area contributed by atoms with Gasteiger partial charge in [0.2, 0.25) is 0 Å². The Hall–Kier alpha value is -2.74. The van der Waals surface area contributed by atoms with Crippen LogP contribution in [0.1, 0.15) is 10.4 Å². The summed E-state index contributed by atoms with van der Waals surface area (Å²) >= 11 is 0. The number of benzene rings is 2. The van der Waals surface area contributed by atoms with Crippen molar-refractivity contribution in [3.8, 4) is 11.5 Å². The second kappa shape index (κ2) is 6.57. The first-order valence-electron chi connectivity index (χ1n) is 6.45. The van der Waals surface area contributed by atoms with E-state index in [0.717, 1.165) is 7.11 Å². The van der Waals surface area contributed by atoms with E-state index in [-0.39, 0.29) is 21.9 Å². The van der Waals surface area contributed by atoms with Gasteiger partial charge in [-0.05, 0) is 42.5 Å². The van der Waals surface area contributed by atoms with Crippen LogP contribution in [0.25, 0.3) is 0 Å². The van der Waals surface area contributed by atoms with Crippen molar-refractivity contribution in [3.05, 3.63) is 48.0 Å². The number of anilines is 1. The van der Waals surface area contributed by atoms with E-state index in [1.54, 1.807) is 0 Å². The standard InChI is InChI=1S/C15H15NO6S/c1-21-11-4-6-12(7-5-11)23(19,20)16-10-3-8-14(17)13(9-10)15(18)22-2/h3-9,16-17H,1-2H3. The van der Waals surface area contributed by atoms with Gasteiger partial charge in [-0.15, -0.1) is 0 Å². The molecule has 0 saturated carbocycles. The molecule has 0 aliphatic rings. The molecule has 122 valence electrons. The van der Waals surface area contributed by atoms with Crippen LogP contribution in [0.3, 0.4) is 0 Å². The lowest BCUT2D eigenvalue weighted by Crippen LogP contribution is -2.13. The monoisotopic (exact) mass is 337 g/mol. The molecule has 23 heavy (non-hydrogen) atoms. The Kier molecular flexibility index (Phi) is 4.75. The second-order valence-corrected chi connectivity index (χ2v) is 6.19. The molecule has 0 spiro atoms. The Morgan fingerprint density at radius 1 is 1.09 bits per heavy atom. The van der Waals surface area contributed by atoms with Gasteiger partial charge in [0.1, 0.15) is 17.1 Å². The fraction of sp³-hybridized carbons (Fsp3) is 0.133. The maximum atomic E-state index is 12.3. The minimum absolute atomic E-state index is 0.0333. The predicted molar refractivity (Wildman–Crippen MR) is 83.2 cm³/mol. The van der Waals surface area contributed by atoms with Gasteiger partial charge in [-0.25, -0.2) is 13.2 Å². The average molecular weight is 337 g/mol. The van der Waals surface area contributed by atoms with Crippen molar-refractivity contribution >= 4 is 21.7 Å². The Morgan fingerprint density at radius 3 is 2.30 bits per heavy atom. The third-order valence-corrected chi connectivity index (χ3v) is 4.42. The highest BCUT2D eigenvalue weighted by Crippen LogP contribution is 2.24. The molecule has 8 heteroatoms. The Balaban J connectivity index is 2.31. The van der Waals surface area contributed by atoms with Crippen molar-refractivity contribution in [1.29, 1.82) is 0 Å². The summed E-state index contributed by atoms with van der Waals surface area (Å²) < 4.78 is 36.4. The normalized spacial score (nSPS) is 10.9. The summed E-state index contributed by atoms with van der Waals surface area (Å²) in [6, 6.07) is 9.56. The van der Waals surface area contributed by atoms with E-state index < -0.39 is 16.0 Å². The SMILES string of the molecule is COC(=O)c1cc(NS(=O)(=O)c2ccc(OC)cc2)ccc1O. The van der Waals surface area contributed by atoms with Gasteiger partial charge >= 0.3 is 5.97 Å². The van der Waals surface area contributed by atoms with Crippen LogP contribution < -0.4 is 9.46 Å². The summed E-state index contributed by atoms with van der Waals surface area (Å²) in [5, 5.41) is 9.62. The minimum Gasteiger partial charge on any atom is -0.507 e. The maximum absolute atomic E-state index is 12.3. The van der Waals surface area contributed by atoms with E-state index in [4.69, 9.17) is 4.74 Å². The zero-order chi connectivity index (χ0) is 17.0. The van der Waals surface area contributed by atoms with Crippen molar-refractivity contribution in [3.63, 3.8) is 0 Å². The van der Waals surface area contributed by atoms with Gasteiger partial charge in [0, 0.05) is 5.69 Å². The summed E-state index contributed by atoms with van der Waals surface area (Å²) in [5.74, 6) is -0.543. The first-order chi connectivity index (χ1) is 10.9. The molecule has 2 aromatic carbocycles. The highest BCUT2D eigenvalue weighted by molar-refractivity contribution is 7.92. The average Bonchev–Trinajstić information content (AvgIpc) is 2.55. The summed E-state index contributed by atoms with van der Waals surface area (Å²) in [5.41, 5.74) is -0.0125. The quantitative estimate of drug-likeness (QED) is 0.639. The molecule has 0 bridgehead atoms. The van der Waals surface area contributed by atoms with Gasteiger partial charge in [-0.2, -0.15) is 0 Å². The third kappa shape index (κ3) is 3.72. The number of aromatic hydroxyl groups is 1. The smallest absolute Gasteiger partial charge is 0.341 e. The Morgan fingerprint density at radius 2 is 1.74 bits per heavy atom. The summed E-state index contributed by atoms with van der Waals surface area (Å²) in [6.45, 7) is 0. The Labute approximate surface area is 133 Å². The van der Waals surface area contributed by atoms with Crippen molar-refractivity contribution in [2.45, 2.75) is 4.90 Å². The molecule has 0 saturated heterocycles. The molecule has 2 N–H and O–H groups in total. The van der Waals surface area contributed by atoms with E-state index >= 15 is 0 Å². The largest absolute Gasteiger partial charge is 0.507 e. The zero-order valence-corrected chi connectivity index (χ0v) is 13.3. The lowest BCUT2D eigenvalue weighted by atomic mass is 10.2. The molecule has 0 radical (unpaired) electrons. The van der Waals surface area contributed by atoms with E-state index in [1.807, 2.05) is 0 Å². The van der Waals surface area contributed by atoms with Crippen LogP contribution in [-0.2, 0) is 14.8 Å². The predicted octanol–water partition coefficient (Wildman–Crippen LogP) is 1.99. The lowest BCUT2D eigenvalue weighted by Gasteiger charge is -2.10. The lowest BCUT2D eigenvalue weighted by molar-refractivity contribution is 0.0597. The van der Waals surface area contributed by atoms with Crippen molar-refractivity contribution in [1.82, 2.24) is 0 Å². The highest BCUT2D eigenvalue weighted by Gasteiger charge is 2.17. The summed E-state index contributed by atoms with van der Waals surface area (Å²) in [7, 11) is -1.20. The zero-order valence-electron chi connectivity index (χ0n) is 12.4. The third-order valence-electron chi connectivity index (χ3n) is 3.02. The maximum Gasteiger partial charge on any atom is 0.341 e. The summed E-state index contributed by atoms with van der Waals surface area (Å²) in [4.78, 5) is 11.6. The number of hydrogen-bond acceptors (Lipinski definition) is 6. The number of hydrogen-bond donors (Lipinski definition) is 2. The van der Waals surface area contributed by atoms with Crippen LogP contribution in [0, 0.1) is 0 Å². The molecule has 0 unspecified atom stereocenters. The number of esters is 1. The molecule has 7 nitrogen and oxygen atoms in total. The fourth-order valence-corrected chi connectivity index (χ4v) is 2.89. The molecule has 0 aliphatic heterocycles. The molecular weight excluding hydrogens is 322 g/mol. The van der Waals surface area contributed by atoms with Crippen molar-refractivity contribution in [2.24, 2.45) is 0 Å². The first-order valence-corrected chi connectivity index (χ1v) is 7.94. The van der Waals surface area contributed by atoms with Crippen LogP contribution in [0.15, 0.2) is 47.4 Å². The topological polar surface area (TPSA) is 102 Å². The number of carbonyl (C=O) groups is 1. The number of carbonyl (C=O) groups excluding carboxylic acids is 1. The van der Waals surface area contributed by atoms with E-state index in [1.165, 1.54) is 49.6 Å². The molecular formula is C15H15NO6S. The minimum atomic E-state index is -3.84. The van der Waals surface area contributed by atoms with Crippen molar-refractivity contribution in [2.75, 3.05) is 18.9 Å². The molecule has 0 amide bonds. The van der Waals surface area contributed by atoms with E-state index in [9.17, 15) is 18.3 Å². The number of nitrogens with one attached hydrogen (secondary N) is 1. The number of phenolic OH excluding ortho intramolecular Hbond substituents is 1. The van der Waals surface area contributed by atoms with Crippen molar-refractivity contribution < 1.29 is 27.8 Å². The van der Waals surface area contributed by atoms with Gasteiger partial charge in [0.25, 0.3) is 10.0 Å². The fourth-order valence-electron chi connectivity index (χ4n) is 1.84. The number of ether oxygens (including phenoxy) is 2. The molecule has 0 aromatic heterocycles. The molecule has 2 rings (SSSR count). The number of sulfonamides is 1. The number of rotatable bonds is 5. The number of methoxy groups -OCH3 is 2. The van der Waals surface area contributed by atoms with Crippen LogP contribution in [0.2, 0.25) is 0 Å². The molecule has 0 heterocycles. The summed E-state index contributed by atoms with van der Waals surface area (Å²) in [6.07, 6.45) is 0. The van der Waals surface area contributed by atoms with Gasteiger partial charge in [0.15, 0.2) is 0 Å². The Bertz CT molecular complexity index is 814. The van der Waals surface area contributed by atoms with Gasteiger partial charge < -0.3 is 14.6 Å². The molecule has 0 atom stereocenters. The van der Waals surface area contributed by atoms with E-state index in [0.29, 0.717) is 5.75 Å². The molecule has 2 aromatic rings. The van der Waals surface area contributed by atoms with Crippen LogP contribution >= 0.6 is 0 Å². The highest BCUT2D eigenvalue weighted by atomic mass is 32.2. The van der Waals surface area contributed by atoms with Crippen LogP contribution in [0.5, 0.6) is 11.5 Å².